The highest BCUT2D eigenvalue weighted by Gasteiger charge is 2.14. The number of nitrogens with one attached hydrogen (secondary N) is 1. The number of phenols is 1. The lowest BCUT2D eigenvalue weighted by Gasteiger charge is -2.12. The van der Waals surface area contributed by atoms with E-state index < -0.39 is 0 Å². The van der Waals surface area contributed by atoms with Gasteiger partial charge in [-0.25, -0.2) is 0 Å². The van der Waals surface area contributed by atoms with Crippen LogP contribution in [0.2, 0.25) is 10.0 Å². The zero-order valence-electron chi connectivity index (χ0n) is 9.68. The molecule has 0 amide bonds. The largest absolute Gasteiger partial charge is 0.506 e. The lowest BCUT2D eigenvalue weighted by Crippen LogP contribution is -2.20. The molecule has 0 spiro atoms. The van der Waals surface area contributed by atoms with Crippen LogP contribution in [0.25, 0.3) is 0 Å². The molecule has 2 rings (SSSR count). The first-order chi connectivity index (χ1) is 8.16. The van der Waals surface area contributed by atoms with Crippen molar-refractivity contribution >= 4 is 23.2 Å². The molecule has 0 bridgehead atoms. The summed E-state index contributed by atoms with van der Waals surface area (Å²) in [6, 6.07) is 3.31. The van der Waals surface area contributed by atoms with Gasteiger partial charge in [-0.05, 0) is 37.4 Å². The second kappa shape index (κ2) is 5.94. The zero-order valence-corrected chi connectivity index (χ0v) is 11.2. The van der Waals surface area contributed by atoms with E-state index in [2.05, 4.69) is 5.32 Å². The summed E-state index contributed by atoms with van der Waals surface area (Å²) in [6.07, 6.45) is 5.33. The van der Waals surface area contributed by atoms with E-state index in [1.54, 1.807) is 12.1 Å². The Morgan fingerprint density at radius 2 is 1.94 bits per heavy atom. The molecule has 0 heterocycles. The molecule has 0 aliphatic heterocycles. The summed E-state index contributed by atoms with van der Waals surface area (Å²) in [5.74, 6) is 0.918. The molecule has 0 unspecified atom stereocenters. The first-order valence-corrected chi connectivity index (χ1v) is 6.80. The molecule has 0 saturated heterocycles. The van der Waals surface area contributed by atoms with E-state index in [0.29, 0.717) is 16.6 Å². The van der Waals surface area contributed by atoms with Gasteiger partial charge in [-0.1, -0.05) is 36.0 Å². The third-order valence-corrected chi connectivity index (χ3v) is 3.84. The molecule has 1 aliphatic rings. The first kappa shape index (κ1) is 13.0. The fraction of sp³-hybridized carbons (Fsp3) is 0.538. The van der Waals surface area contributed by atoms with Crippen LogP contribution in [-0.2, 0) is 6.54 Å². The average Bonchev–Trinajstić information content (AvgIpc) is 2.78. The highest BCUT2D eigenvalue weighted by atomic mass is 35.5. The average molecular weight is 274 g/mol. The van der Waals surface area contributed by atoms with Crippen LogP contribution in [0.5, 0.6) is 5.75 Å². The van der Waals surface area contributed by atoms with Crippen molar-refractivity contribution < 1.29 is 5.11 Å². The fourth-order valence-electron chi connectivity index (χ4n) is 2.38. The van der Waals surface area contributed by atoms with Crippen LogP contribution < -0.4 is 5.32 Å². The molecule has 1 aromatic carbocycles. The monoisotopic (exact) mass is 273 g/mol. The predicted octanol–water partition coefficient (Wildman–Crippen LogP) is 3.98. The molecule has 0 radical (unpaired) electrons. The number of hydrogen-bond donors (Lipinski definition) is 2. The van der Waals surface area contributed by atoms with E-state index >= 15 is 0 Å². The maximum Gasteiger partial charge on any atom is 0.138 e. The molecule has 2 nitrogen and oxygen atoms in total. The summed E-state index contributed by atoms with van der Waals surface area (Å²) >= 11 is 11.8. The van der Waals surface area contributed by atoms with Crippen molar-refractivity contribution in [3.63, 3.8) is 0 Å². The van der Waals surface area contributed by atoms with Crippen LogP contribution in [0.4, 0.5) is 0 Å². The van der Waals surface area contributed by atoms with Gasteiger partial charge in [0.25, 0.3) is 0 Å². The molecule has 1 saturated carbocycles. The maximum atomic E-state index is 9.78. The van der Waals surface area contributed by atoms with Gasteiger partial charge in [0.15, 0.2) is 0 Å². The van der Waals surface area contributed by atoms with Crippen LogP contribution in [0.1, 0.15) is 31.2 Å². The molecule has 94 valence electrons. The van der Waals surface area contributed by atoms with Crippen molar-refractivity contribution in [2.24, 2.45) is 5.92 Å². The minimum atomic E-state index is 0.134. The predicted molar refractivity (Wildman–Crippen MR) is 71.8 cm³/mol. The molecule has 1 aliphatic carbocycles. The molecular weight excluding hydrogens is 257 g/mol. The Morgan fingerprint density at radius 1 is 1.24 bits per heavy atom. The SMILES string of the molecule is Oc1c(Cl)cc(Cl)cc1CNCC1CCCC1. The molecule has 1 fully saturated rings. The highest BCUT2D eigenvalue weighted by molar-refractivity contribution is 6.35. The Labute approximate surface area is 112 Å². The van der Waals surface area contributed by atoms with E-state index in [0.717, 1.165) is 18.0 Å². The molecule has 4 heteroatoms. The Kier molecular flexibility index (Phi) is 4.55. The number of benzene rings is 1. The van der Waals surface area contributed by atoms with Gasteiger partial charge < -0.3 is 10.4 Å². The number of halogens is 2. The lowest BCUT2D eigenvalue weighted by atomic mass is 10.1. The van der Waals surface area contributed by atoms with Crippen LogP contribution in [0, 0.1) is 5.92 Å². The summed E-state index contributed by atoms with van der Waals surface area (Å²) in [5.41, 5.74) is 0.764. The lowest BCUT2D eigenvalue weighted by molar-refractivity contribution is 0.454. The molecule has 17 heavy (non-hydrogen) atoms. The molecular formula is C13H17Cl2NO. The van der Waals surface area contributed by atoms with Crippen molar-refractivity contribution in [2.45, 2.75) is 32.2 Å². The maximum absolute atomic E-state index is 9.78. The molecule has 0 atom stereocenters. The minimum Gasteiger partial charge on any atom is -0.506 e. The second-order valence-electron chi connectivity index (χ2n) is 4.68. The van der Waals surface area contributed by atoms with Gasteiger partial charge in [-0.15, -0.1) is 0 Å². The fourth-order valence-corrected chi connectivity index (χ4v) is 2.92. The Hall–Kier alpha value is -0.440. The van der Waals surface area contributed by atoms with Gasteiger partial charge in [-0.2, -0.15) is 0 Å². The quantitative estimate of drug-likeness (QED) is 0.870. The smallest absolute Gasteiger partial charge is 0.138 e. The van der Waals surface area contributed by atoms with Crippen LogP contribution in [-0.4, -0.2) is 11.7 Å². The molecule has 1 aromatic rings. The first-order valence-electron chi connectivity index (χ1n) is 6.04. The van der Waals surface area contributed by atoms with Crippen molar-refractivity contribution in [3.8, 4) is 5.75 Å². The topological polar surface area (TPSA) is 32.3 Å². The van der Waals surface area contributed by atoms with Gasteiger partial charge >= 0.3 is 0 Å². The van der Waals surface area contributed by atoms with Gasteiger partial charge in [-0.3, -0.25) is 0 Å². The van der Waals surface area contributed by atoms with E-state index in [-0.39, 0.29) is 5.75 Å². The highest BCUT2D eigenvalue weighted by Crippen LogP contribution is 2.31. The Morgan fingerprint density at radius 3 is 2.65 bits per heavy atom. The third kappa shape index (κ3) is 3.51. The van der Waals surface area contributed by atoms with Gasteiger partial charge in [0, 0.05) is 17.1 Å². The van der Waals surface area contributed by atoms with Crippen LogP contribution in [0.15, 0.2) is 12.1 Å². The Balaban J connectivity index is 1.89. The Bertz CT molecular complexity index is 389. The van der Waals surface area contributed by atoms with Crippen molar-refractivity contribution in [3.05, 3.63) is 27.7 Å². The second-order valence-corrected chi connectivity index (χ2v) is 5.52. The van der Waals surface area contributed by atoms with E-state index in [1.165, 1.54) is 25.7 Å². The summed E-state index contributed by atoms with van der Waals surface area (Å²) in [5, 5.41) is 14.0. The number of phenolic OH excluding ortho intramolecular Hbond substituents is 1. The van der Waals surface area contributed by atoms with Gasteiger partial charge in [0.2, 0.25) is 0 Å². The molecule has 2 N–H and O–H groups in total. The molecule has 0 aromatic heterocycles. The summed E-state index contributed by atoms with van der Waals surface area (Å²) in [4.78, 5) is 0. The van der Waals surface area contributed by atoms with E-state index in [4.69, 9.17) is 23.2 Å². The summed E-state index contributed by atoms with van der Waals surface area (Å²) < 4.78 is 0. The van der Waals surface area contributed by atoms with Gasteiger partial charge in [0.1, 0.15) is 5.75 Å². The number of rotatable bonds is 4. The summed E-state index contributed by atoms with van der Waals surface area (Å²) in [6.45, 7) is 1.62. The summed E-state index contributed by atoms with van der Waals surface area (Å²) in [7, 11) is 0. The van der Waals surface area contributed by atoms with E-state index in [9.17, 15) is 5.11 Å². The van der Waals surface area contributed by atoms with Gasteiger partial charge in [0.05, 0.1) is 5.02 Å². The van der Waals surface area contributed by atoms with Crippen LogP contribution in [0.3, 0.4) is 0 Å². The number of hydrogen-bond acceptors (Lipinski definition) is 2. The van der Waals surface area contributed by atoms with Crippen molar-refractivity contribution in [2.75, 3.05) is 6.54 Å². The third-order valence-electron chi connectivity index (χ3n) is 3.33. The normalized spacial score (nSPS) is 16.6. The van der Waals surface area contributed by atoms with Crippen molar-refractivity contribution in [1.29, 1.82) is 0 Å². The van der Waals surface area contributed by atoms with Crippen LogP contribution >= 0.6 is 23.2 Å². The standard InChI is InChI=1S/C13H17Cl2NO/c14-11-5-10(13(17)12(15)6-11)8-16-7-9-3-1-2-4-9/h5-6,9,16-17H,1-4,7-8H2. The minimum absolute atomic E-state index is 0.134. The number of aromatic hydroxyl groups is 1. The van der Waals surface area contributed by atoms with Crippen molar-refractivity contribution in [1.82, 2.24) is 5.32 Å². The zero-order chi connectivity index (χ0) is 12.3. The van der Waals surface area contributed by atoms with E-state index in [1.807, 2.05) is 0 Å².